The first-order chi connectivity index (χ1) is 11.4. The fourth-order valence-corrected chi connectivity index (χ4v) is 24.9. The molecule has 2 rings (SSSR count). The number of rotatable bonds is 4. The summed E-state index contributed by atoms with van der Waals surface area (Å²) in [4.78, 5) is 0. The summed E-state index contributed by atoms with van der Waals surface area (Å²) in [6.07, 6.45) is 5.47. The van der Waals surface area contributed by atoms with Gasteiger partial charge in [0.1, 0.15) is 0 Å². The Balaban J connectivity index is 2.74. The maximum atomic E-state index is 2.74. The van der Waals surface area contributed by atoms with E-state index in [1.54, 1.807) is 21.9 Å². The van der Waals surface area contributed by atoms with Gasteiger partial charge in [-0.25, -0.2) is 0 Å². The Bertz CT molecular complexity index is 830. The first-order valence-corrected chi connectivity index (χ1v) is 26.1. The predicted octanol–water partition coefficient (Wildman–Crippen LogP) is 6.99. The molecule has 0 aromatic carbocycles. The third-order valence-electron chi connectivity index (χ3n) is 7.22. The minimum absolute atomic E-state index is 0.638. The van der Waals surface area contributed by atoms with Gasteiger partial charge in [-0.15, -0.1) is 0 Å². The molecule has 146 valence electrons. The van der Waals surface area contributed by atoms with Gasteiger partial charge in [0.15, 0.2) is 0 Å². The van der Waals surface area contributed by atoms with E-state index in [-0.39, 0.29) is 0 Å². The molecule has 2 unspecified atom stereocenters. The molecule has 0 heterocycles. The Morgan fingerprint density at radius 2 is 1.42 bits per heavy atom. The number of hydrogen-bond donors (Lipinski definition) is 0. The summed E-state index contributed by atoms with van der Waals surface area (Å²) in [6.45, 7) is 24.9. The normalized spacial score (nSPS) is 25.9. The molecule has 0 radical (unpaired) electrons. The summed E-state index contributed by atoms with van der Waals surface area (Å²) in [5.74, 6) is 0.638. The summed E-state index contributed by atoms with van der Waals surface area (Å²) < 4.78 is 3.75. The minimum atomic E-state index is -2.95. The van der Waals surface area contributed by atoms with Crippen molar-refractivity contribution in [3.8, 4) is 0 Å². The Morgan fingerprint density at radius 1 is 0.923 bits per heavy atom. The first kappa shape index (κ1) is 22.6. The molecule has 0 saturated carbocycles. The third kappa shape index (κ3) is 3.64. The molecule has 0 aliphatic heterocycles. The SMILES string of the molecule is CC1=C(C)C(C)[C]([Ti]([CH3])([CH3])(=[SiH2])[C]2=CC([Si](C)(C)C)=CC2[Si](C)(C)C)=C1C. The van der Waals surface area contributed by atoms with Gasteiger partial charge in [0, 0.05) is 0 Å². The Hall–Kier alpha value is 0.325. The molecule has 0 spiro atoms. The van der Waals surface area contributed by atoms with Gasteiger partial charge in [-0.3, -0.25) is 0 Å². The second kappa shape index (κ2) is 6.42. The van der Waals surface area contributed by atoms with Crippen molar-refractivity contribution in [3.63, 3.8) is 0 Å². The topological polar surface area (TPSA) is 0 Å². The van der Waals surface area contributed by atoms with Gasteiger partial charge >= 0.3 is 169 Å². The summed E-state index contributed by atoms with van der Waals surface area (Å²) in [5.41, 5.74) is 5.55. The van der Waals surface area contributed by atoms with Crippen molar-refractivity contribution in [2.24, 2.45) is 5.92 Å². The summed E-state index contributed by atoms with van der Waals surface area (Å²) in [6, 6.07) is 0. The average Bonchev–Trinajstić information content (AvgIpc) is 2.97. The zero-order valence-corrected chi connectivity index (χ0v) is 24.5. The molecule has 2 atom stereocenters. The van der Waals surface area contributed by atoms with Crippen LogP contribution in [0.5, 0.6) is 0 Å². The molecule has 0 saturated heterocycles. The van der Waals surface area contributed by atoms with Gasteiger partial charge in [-0.1, -0.05) is 0 Å². The standard InChI is InChI=1S/C11H21Si2.C9H13.2CH3.H2Si.Ti/c1-12(2,3)10-7-8-11(9-10)13(4,5)6;1-6-5-7(2)9(4)8(6)3;;;;/h7,9,11H,1-6H3;6H,1-4H3;2*1H3;1H2;. The first-order valence-electron chi connectivity index (χ1n) is 10.3. The van der Waals surface area contributed by atoms with E-state index in [0.29, 0.717) is 5.92 Å². The van der Waals surface area contributed by atoms with Crippen LogP contribution in [-0.4, -0.2) is 23.8 Å². The second-order valence-corrected chi connectivity index (χ2v) is 41.4. The second-order valence-electron chi connectivity index (χ2n) is 12.1. The molecule has 0 fully saturated rings. The van der Waals surface area contributed by atoms with Crippen molar-refractivity contribution >= 4 is 23.8 Å². The average molecular weight is 439 g/mol. The molecule has 0 nitrogen and oxygen atoms in total. The summed E-state index contributed by atoms with van der Waals surface area (Å²) in [7, 11) is -0.150. The van der Waals surface area contributed by atoms with Crippen molar-refractivity contribution in [3.05, 3.63) is 41.8 Å². The summed E-state index contributed by atoms with van der Waals surface area (Å²) >= 11 is -2.95. The van der Waals surface area contributed by atoms with Crippen LogP contribution in [0.25, 0.3) is 0 Å². The van der Waals surface area contributed by atoms with E-state index in [4.69, 9.17) is 0 Å². The van der Waals surface area contributed by atoms with Gasteiger partial charge in [-0.05, 0) is 0 Å². The molecule has 0 amide bonds. The quantitative estimate of drug-likeness (QED) is 0.415. The predicted molar refractivity (Wildman–Crippen MR) is 127 cm³/mol. The van der Waals surface area contributed by atoms with Crippen molar-refractivity contribution in [2.75, 3.05) is 0 Å². The van der Waals surface area contributed by atoms with Crippen molar-refractivity contribution in [2.45, 2.75) is 83.0 Å². The van der Waals surface area contributed by atoms with Crippen molar-refractivity contribution < 1.29 is 14.0 Å². The van der Waals surface area contributed by atoms with Crippen LogP contribution in [0.2, 0.25) is 55.3 Å². The molecule has 0 bridgehead atoms. The Labute approximate surface area is 167 Å². The molecule has 0 aromatic rings. The van der Waals surface area contributed by atoms with E-state index < -0.39 is 30.2 Å². The number of hydrogen-bond acceptors (Lipinski definition) is 0. The third-order valence-corrected chi connectivity index (χ3v) is 22.9. The monoisotopic (exact) mass is 438 g/mol. The van der Waals surface area contributed by atoms with Crippen LogP contribution in [0.15, 0.2) is 41.8 Å². The molecule has 26 heavy (non-hydrogen) atoms. The van der Waals surface area contributed by atoms with E-state index in [0.717, 1.165) is 5.54 Å². The van der Waals surface area contributed by atoms with Gasteiger partial charge < -0.3 is 0 Å². The van der Waals surface area contributed by atoms with E-state index in [9.17, 15) is 0 Å². The molecule has 4 heteroatoms. The van der Waals surface area contributed by atoms with Crippen LogP contribution in [-0.2, 0) is 14.0 Å². The van der Waals surface area contributed by atoms with E-state index in [1.165, 1.54) is 0 Å². The van der Waals surface area contributed by atoms with Gasteiger partial charge in [0.25, 0.3) is 0 Å². The maximum absolute atomic E-state index is 2.95. The molecular formula is C22H42Si3Ti. The molecule has 0 N–H and O–H groups in total. The molecule has 2 aliphatic carbocycles. The fraction of sp³-hybridized carbons (Fsp3) is 0.636. The van der Waals surface area contributed by atoms with Gasteiger partial charge in [0.05, 0.1) is 0 Å². The van der Waals surface area contributed by atoms with Crippen LogP contribution in [0.4, 0.5) is 0 Å². The van der Waals surface area contributed by atoms with Crippen molar-refractivity contribution in [1.29, 1.82) is 0 Å². The fourth-order valence-electron chi connectivity index (χ4n) is 5.30. The van der Waals surface area contributed by atoms with Crippen LogP contribution < -0.4 is 0 Å². The zero-order valence-electron chi connectivity index (χ0n) is 19.5. The van der Waals surface area contributed by atoms with Crippen LogP contribution in [0.1, 0.15) is 27.7 Å². The summed E-state index contributed by atoms with van der Waals surface area (Å²) in [5, 5.41) is 7.16. The molecule has 0 aromatic heterocycles. The number of allylic oxidation sites excluding steroid dienone is 8. The van der Waals surface area contributed by atoms with Gasteiger partial charge in [-0.2, -0.15) is 0 Å². The zero-order chi connectivity index (χ0) is 20.5. The van der Waals surface area contributed by atoms with Crippen LogP contribution >= 0.6 is 0 Å². The molecular weight excluding hydrogens is 396 g/mol. The Morgan fingerprint density at radius 3 is 1.77 bits per heavy atom. The van der Waals surface area contributed by atoms with E-state index in [1.807, 2.05) is 7.76 Å². The van der Waals surface area contributed by atoms with Crippen LogP contribution in [0, 0.1) is 5.92 Å². The molecule has 2 aliphatic rings. The Kier molecular flexibility index (Phi) is 5.58. The van der Waals surface area contributed by atoms with E-state index in [2.05, 4.69) is 97.2 Å². The van der Waals surface area contributed by atoms with Crippen LogP contribution in [0.3, 0.4) is 0 Å². The van der Waals surface area contributed by atoms with Crippen molar-refractivity contribution in [1.82, 2.24) is 0 Å². The van der Waals surface area contributed by atoms with Gasteiger partial charge in [0.2, 0.25) is 0 Å². The van der Waals surface area contributed by atoms with E-state index >= 15 is 0 Å².